The van der Waals surface area contributed by atoms with Crippen molar-refractivity contribution in [3.8, 4) is 0 Å². The summed E-state index contributed by atoms with van der Waals surface area (Å²) in [5, 5.41) is 7.99. The Hall–Kier alpha value is -2.43. The molecule has 1 heterocycles. The molecule has 21 heavy (non-hydrogen) atoms. The van der Waals surface area contributed by atoms with Gasteiger partial charge in [0.05, 0.1) is 17.0 Å². The number of hydrogen-bond donors (Lipinski definition) is 1. The Labute approximate surface area is 124 Å². The number of benzene rings is 1. The molecular weight excluding hydrogens is 264 g/mol. The summed E-state index contributed by atoms with van der Waals surface area (Å²) in [4.78, 5) is 14.4. The van der Waals surface area contributed by atoms with Crippen LogP contribution in [0.2, 0.25) is 0 Å². The first-order valence-electron chi connectivity index (χ1n) is 6.96. The van der Waals surface area contributed by atoms with Crippen molar-refractivity contribution in [2.75, 3.05) is 12.3 Å². The van der Waals surface area contributed by atoms with Crippen LogP contribution in [0.3, 0.4) is 0 Å². The number of nitrogens with two attached hydrogens (primary N) is 1. The quantitative estimate of drug-likeness (QED) is 0.875. The number of nitrogen functional groups attached to an aromatic ring is 1. The smallest absolute Gasteiger partial charge is 0.256 e. The highest BCUT2D eigenvalue weighted by molar-refractivity contribution is 5.95. The summed E-state index contributed by atoms with van der Waals surface area (Å²) in [6, 6.07) is 9.35. The molecule has 5 heteroatoms. The molecule has 0 radical (unpaired) electrons. The summed E-state index contributed by atoms with van der Waals surface area (Å²) in [6.45, 7) is 6.78. The SMILES string of the molecule is CCN(Cc1ccc(N)cc1)C(=O)c1cc(C)nnc1C. The second-order valence-electron chi connectivity index (χ2n) is 5.05. The molecule has 0 aliphatic carbocycles. The standard InChI is InChI=1S/C16H20N4O/c1-4-20(10-13-5-7-14(17)8-6-13)16(21)15-9-11(2)18-19-12(15)3/h5-9H,4,10,17H2,1-3H3. The lowest BCUT2D eigenvalue weighted by atomic mass is 10.1. The Morgan fingerprint density at radius 3 is 2.48 bits per heavy atom. The number of rotatable bonds is 4. The van der Waals surface area contributed by atoms with Gasteiger partial charge in [-0.05, 0) is 44.5 Å². The van der Waals surface area contributed by atoms with E-state index in [-0.39, 0.29) is 5.91 Å². The van der Waals surface area contributed by atoms with E-state index in [0.29, 0.717) is 24.3 Å². The lowest BCUT2D eigenvalue weighted by molar-refractivity contribution is 0.0751. The van der Waals surface area contributed by atoms with Crippen LogP contribution in [0.15, 0.2) is 30.3 Å². The van der Waals surface area contributed by atoms with E-state index in [9.17, 15) is 4.79 Å². The molecule has 0 aliphatic rings. The van der Waals surface area contributed by atoms with E-state index in [1.165, 1.54) is 0 Å². The average Bonchev–Trinajstić information content (AvgIpc) is 2.48. The number of carbonyl (C=O) groups is 1. The van der Waals surface area contributed by atoms with Gasteiger partial charge in [0.15, 0.2) is 0 Å². The molecule has 5 nitrogen and oxygen atoms in total. The Morgan fingerprint density at radius 2 is 1.86 bits per heavy atom. The maximum Gasteiger partial charge on any atom is 0.256 e. The Bertz CT molecular complexity index is 637. The molecule has 0 bridgehead atoms. The third kappa shape index (κ3) is 3.56. The minimum absolute atomic E-state index is 0.0233. The summed E-state index contributed by atoms with van der Waals surface area (Å²) >= 11 is 0. The van der Waals surface area contributed by atoms with Gasteiger partial charge in [-0.1, -0.05) is 12.1 Å². The molecule has 0 aliphatic heterocycles. The molecule has 0 spiro atoms. The molecule has 0 fully saturated rings. The van der Waals surface area contributed by atoms with Crippen LogP contribution in [0.5, 0.6) is 0 Å². The van der Waals surface area contributed by atoms with E-state index < -0.39 is 0 Å². The first-order chi connectivity index (χ1) is 10.0. The topological polar surface area (TPSA) is 72.1 Å². The Morgan fingerprint density at radius 1 is 1.19 bits per heavy atom. The molecule has 110 valence electrons. The summed E-state index contributed by atoms with van der Waals surface area (Å²) in [6.07, 6.45) is 0. The van der Waals surface area contributed by atoms with Gasteiger partial charge in [-0.25, -0.2) is 0 Å². The normalized spacial score (nSPS) is 10.4. The second-order valence-corrected chi connectivity index (χ2v) is 5.05. The summed E-state index contributed by atoms with van der Waals surface area (Å²) in [7, 11) is 0. The third-order valence-corrected chi connectivity index (χ3v) is 3.35. The minimum atomic E-state index is -0.0233. The fraction of sp³-hybridized carbons (Fsp3) is 0.312. The van der Waals surface area contributed by atoms with E-state index >= 15 is 0 Å². The number of amides is 1. The van der Waals surface area contributed by atoms with Crippen molar-refractivity contribution < 1.29 is 4.79 Å². The highest BCUT2D eigenvalue weighted by atomic mass is 16.2. The van der Waals surface area contributed by atoms with Crippen LogP contribution in [0.25, 0.3) is 0 Å². The van der Waals surface area contributed by atoms with Crippen molar-refractivity contribution in [2.45, 2.75) is 27.3 Å². The van der Waals surface area contributed by atoms with Crippen LogP contribution in [-0.2, 0) is 6.54 Å². The van der Waals surface area contributed by atoms with E-state index in [1.807, 2.05) is 38.1 Å². The summed E-state index contributed by atoms with van der Waals surface area (Å²) in [5.74, 6) is -0.0233. The Balaban J connectivity index is 2.22. The number of aryl methyl sites for hydroxylation is 2. The monoisotopic (exact) mass is 284 g/mol. The second kappa shape index (κ2) is 6.35. The average molecular weight is 284 g/mol. The van der Waals surface area contributed by atoms with Gasteiger partial charge in [0, 0.05) is 18.8 Å². The van der Waals surface area contributed by atoms with Crippen molar-refractivity contribution in [3.05, 3.63) is 52.8 Å². The van der Waals surface area contributed by atoms with Gasteiger partial charge in [-0.15, -0.1) is 0 Å². The maximum atomic E-state index is 12.7. The molecule has 0 saturated heterocycles. The lowest BCUT2D eigenvalue weighted by Gasteiger charge is -2.21. The highest BCUT2D eigenvalue weighted by Crippen LogP contribution is 2.13. The van der Waals surface area contributed by atoms with Crippen molar-refractivity contribution >= 4 is 11.6 Å². The van der Waals surface area contributed by atoms with Crippen molar-refractivity contribution in [2.24, 2.45) is 0 Å². The van der Waals surface area contributed by atoms with Gasteiger partial charge in [-0.3, -0.25) is 4.79 Å². The molecule has 2 N–H and O–H groups in total. The van der Waals surface area contributed by atoms with Gasteiger partial charge < -0.3 is 10.6 Å². The predicted octanol–water partition coefficient (Wildman–Crippen LogP) is 2.34. The van der Waals surface area contributed by atoms with Crippen LogP contribution >= 0.6 is 0 Å². The third-order valence-electron chi connectivity index (χ3n) is 3.35. The van der Waals surface area contributed by atoms with E-state index in [2.05, 4.69) is 10.2 Å². The van der Waals surface area contributed by atoms with E-state index in [4.69, 9.17) is 5.73 Å². The maximum absolute atomic E-state index is 12.7. The largest absolute Gasteiger partial charge is 0.399 e. The highest BCUT2D eigenvalue weighted by Gasteiger charge is 2.18. The molecule has 0 saturated carbocycles. The number of hydrogen-bond acceptors (Lipinski definition) is 4. The van der Waals surface area contributed by atoms with E-state index in [0.717, 1.165) is 16.9 Å². The predicted molar refractivity (Wildman–Crippen MR) is 82.8 cm³/mol. The van der Waals surface area contributed by atoms with Crippen LogP contribution in [0.4, 0.5) is 5.69 Å². The zero-order valence-corrected chi connectivity index (χ0v) is 12.6. The first kappa shape index (κ1) is 15.0. The fourth-order valence-corrected chi connectivity index (χ4v) is 2.11. The fourth-order valence-electron chi connectivity index (χ4n) is 2.11. The molecule has 0 unspecified atom stereocenters. The molecule has 1 aromatic heterocycles. The Kier molecular flexibility index (Phi) is 4.52. The number of anilines is 1. The van der Waals surface area contributed by atoms with Crippen LogP contribution in [0.1, 0.15) is 34.2 Å². The zero-order valence-electron chi connectivity index (χ0n) is 12.6. The first-order valence-corrected chi connectivity index (χ1v) is 6.96. The van der Waals surface area contributed by atoms with E-state index in [1.54, 1.807) is 17.9 Å². The summed E-state index contributed by atoms with van der Waals surface area (Å²) in [5.41, 5.74) is 9.46. The number of carbonyl (C=O) groups excluding carboxylic acids is 1. The van der Waals surface area contributed by atoms with Crippen LogP contribution in [-0.4, -0.2) is 27.5 Å². The minimum Gasteiger partial charge on any atom is -0.399 e. The van der Waals surface area contributed by atoms with Gasteiger partial charge in [0.25, 0.3) is 5.91 Å². The van der Waals surface area contributed by atoms with Gasteiger partial charge in [0.1, 0.15) is 0 Å². The molecule has 1 aromatic carbocycles. The van der Waals surface area contributed by atoms with Crippen molar-refractivity contribution in [1.29, 1.82) is 0 Å². The number of nitrogens with zero attached hydrogens (tertiary/aromatic N) is 3. The van der Waals surface area contributed by atoms with Crippen LogP contribution in [0, 0.1) is 13.8 Å². The molecule has 0 atom stereocenters. The summed E-state index contributed by atoms with van der Waals surface area (Å²) < 4.78 is 0. The van der Waals surface area contributed by atoms with Gasteiger partial charge in [-0.2, -0.15) is 10.2 Å². The zero-order chi connectivity index (χ0) is 15.4. The van der Waals surface area contributed by atoms with Gasteiger partial charge >= 0.3 is 0 Å². The van der Waals surface area contributed by atoms with Crippen molar-refractivity contribution in [1.82, 2.24) is 15.1 Å². The molecular formula is C16H20N4O. The molecule has 1 amide bonds. The number of aromatic nitrogens is 2. The molecule has 2 rings (SSSR count). The van der Waals surface area contributed by atoms with Crippen molar-refractivity contribution in [3.63, 3.8) is 0 Å². The molecule has 2 aromatic rings. The lowest BCUT2D eigenvalue weighted by Crippen LogP contribution is -2.31. The van der Waals surface area contributed by atoms with Gasteiger partial charge in [0.2, 0.25) is 0 Å². The van der Waals surface area contributed by atoms with Crippen LogP contribution < -0.4 is 5.73 Å².